The standard InChI is InChI=1S/C5H12O2.C3H6O3/c6-4-2-1-3-5-7;1-2(4)3(5)6/h6-7H,1-5H2;3,5-6H,1H3. The lowest BCUT2D eigenvalue weighted by molar-refractivity contribution is -0.142. The molecular weight excluding hydrogens is 176 g/mol. The first kappa shape index (κ1) is 15.0. The maximum atomic E-state index is 9.64. The van der Waals surface area contributed by atoms with Gasteiger partial charge in [0.15, 0.2) is 5.78 Å². The van der Waals surface area contributed by atoms with Crippen LogP contribution in [0.1, 0.15) is 26.2 Å². The molecule has 0 unspecified atom stereocenters. The quantitative estimate of drug-likeness (QED) is 0.333. The van der Waals surface area contributed by atoms with Crippen molar-refractivity contribution in [1.82, 2.24) is 0 Å². The molecule has 0 atom stereocenters. The average Bonchev–Trinajstić information content (AvgIpc) is 2.06. The molecule has 0 aliphatic rings. The Morgan fingerprint density at radius 3 is 1.54 bits per heavy atom. The summed E-state index contributed by atoms with van der Waals surface area (Å²) < 4.78 is 0. The highest BCUT2D eigenvalue weighted by Gasteiger charge is 1.99. The molecular formula is C8H18O5. The first-order valence-corrected chi connectivity index (χ1v) is 4.14. The average molecular weight is 194 g/mol. The Morgan fingerprint density at radius 2 is 1.38 bits per heavy atom. The molecule has 0 heterocycles. The van der Waals surface area contributed by atoms with E-state index in [4.69, 9.17) is 20.4 Å². The van der Waals surface area contributed by atoms with Crippen molar-refractivity contribution in [3.63, 3.8) is 0 Å². The molecule has 0 saturated carbocycles. The molecule has 0 rings (SSSR count). The number of rotatable bonds is 5. The summed E-state index contributed by atoms with van der Waals surface area (Å²) >= 11 is 0. The van der Waals surface area contributed by atoms with E-state index in [-0.39, 0.29) is 13.2 Å². The first-order chi connectivity index (χ1) is 6.06. The van der Waals surface area contributed by atoms with Crippen molar-refractivity contribution < 1.29 is 25.2 Å². The Labute approximate surface area is 77.6 Å². The van der Waals surface area contributed by atoms with Gasteiger partial charge in [-0.05, 0) is 26.2 Å². The molecule has 0 fully saturated rings. The van der Waals surface area contributed by atoms with Crippen LogP contribution < -0.4 is 0 Å². The molecule has 5 heteroatoms. The van der Waals surface area contributed by atoms with E-state index in [9.17, 15) is 4.79 Å². The summed E-state index contributed by atoms with van der Waals surface area (Å²) in [4.78, 5) is 9.64. The van der Waals surface area contributed by atoms with Crippen molar-refractivity contribution in [2.75, 3.05) is 13.2 Å². The molecule has 0 aromatic carbocycles. The molecule has 4 N–H and O–H groups in total. The Bertz CT molecular complexity index is 109. The number of unbranched alkanes of at least 4 members (excludes halogenated alkanes) is 2. The zero-order chi connectivity index (χ0) is 10.7. The van der Waals surface area contributed by atoms with E-state index in [2.05, 4.69) is 0 Å². The van der Waals surface area contributed by atoms with Crippen molar-refractivity contribution in [2.24, 2.45) is 0 Å². The van der Waals surface area contributed by atoms with Crippen LogP contribution in [-0.4, -0.2) is 45.7 Å². The Balaban J connectivity index is 0. The van der Waals surface area contributed by atoms with E-state index < -0.39 is 12.1 Å². The van der Waals surface area contributed by atoms with Gasteiger partial charge >= 0.3 is 0 Å². The van der Waals surface area contributed by atoms with Gasteiger partial charge in [-0.1, -0.05) is 0 Å². The second kappa shape index (κ2) is 11.5. The Hall–Kier alpha value is -0.490. The third kappa shape index (κ3) is 18.5. The number of Topliss-reactive ketones (excluding diaryl/α,β-unsaturated/α-hetero) is 1. The van der Waals surface area contributed by atoms with Crippen LogP contribution in [0.3, 0.4) is 0 Å². The van der Waals surface area contributed by atoms with Gasteiger partial charge in [0.05, 0.1) is 0 Å². The van der Waals surface area contributed by atoms with Gasteiger partial charge in [-0.25, -0.2) is 0 Å². The van der Waals surface area contributed by atoms with Crippen molar-refractivity contribution in [1.29, 1.82) is 0 Å². The summed E-state index contributed by atoms with van der Waals surface area (Å²) in [5, 5.41) is 32.1. The molecule has 0 spiro atoms. The van der Waals surface area contributed by atoms with Crippen LogP contribution in [0.2, 0.25) is 0 Å². The van der Waals surface area contributed by atoms with Crippen molar-refractivity contribution in [2.45, 2.75) is 32.5 Å². The fraction of sp³-hybridized carbons (Fsp3) is 0.875. The summed E-state index contributed by atoms with van der Waals surface area (Å²) in [7, 11) is 0. The molecule has 0 radical (unpaired) electrons. The van der Waals surface area contributed by atoms with Crippen LogP contribution in [0.25, 0.3) is 0 Å². The van der Waals surface area contributed by atoms with Crippen molar-refractivity contribution >= 4 is 5.78 Å². The fourth-order valence-electron chi connectivity index (χ4n) is 0.400. The van der Waals surface area contributed by atoms with E-state index in [1.165, 1.54) is 0 Å². The van der Waals surface area contributed by atoms with Crippen LogP contribution in [0, 0.1) is 0 Å². The van der Waals surface area contributed by atoms with Gasteiger partial charge in [-0.3, -0.25) is 4.79 Å². The van der Waals surface area contributed by atoms with Gasteiger partial charge in [0, 0.05) is 13.2 Å². The summed E-state index contributed by atoms with van der Waals surface area (Å²) in [5.74, 6) is -0.630. The number of aliphatic hydroxyl groups is 4. The third-order valence-corrected chi connectivity index (χ3v) is 1.18. The highest BCUT2D eigenvalue weighted by atomic mass is 16.5. The zero-order valence-corrected chi connectivity index (χ0v) is 7.81. The topological polar surface area (TPSA) is 98.0 Å². The molecule has 0 bridgehead atoms. The smallest absolute Gasteiger partial charge is 0.212 e. The molecule has 0 aliphatic heterocycles. The highest BCUT2D eigenvalue weighted by Crippen LogP contribution is 1.90. The predicted molar refractivity (Wildman–Crippen MR) is 46.9 cm³/mol. The van der Waals surface area contributed by atoms with Gasteiger partial charge in [0.1, 0.15) is 0 Å². The van der Waals surface area contributed by atoms with Gasteiger partial charge in [-0.2, -0.15) is 0 Å². The third-order valence-electron chi connectivity index (χ3n) is 1.18. The minimum absolute atomic E-state index is 0.250. The van der Waals surface area contributed by atoms with Crippen molar-refractivity contribution in [3.8, 4) is 0 Å². The van der Waals surface area contributed by atoms with Gasteiger partial charge in [-0.15, -0.1) is 0 Å². The van der Waals surface area contributed by atoms with E-state index in [0.717, 1.165) is 26.2 Å². The lowest BCUT2D eigenvalue weighted by atomic mass is 10.2. The SMILES string of the molecule is CC(=O)C(O)O.OCCCCCO. The molecule has 5 nitrogen and oxygen atoms in total. The number of ketones is 1. The molecule has 0 saturated heterocycles. The molecule has 13 heavy (non-hydrogen) atoms. The van der Waals surface area contributed by atoms with E-state index in [1.807, 2.05) is 0 Å². The second-order valence-electron chi connectivity index (χ2n) is 2.49. The second-order valence-corrected chi connectivity index (χ2v) is 2.49. The molecule has 0 amide bonds. The summed E-state index contributed by atoms with van der Waals surface area (Å²) in [5.41, 5.74) is 0. The number of carbonyl (C=O) groups excluding carboxylic acids is 1. The molecule has 0 aromatic rings. The van der Waals surface area contributed by atoms with Crippen LogP contribution in [0.4, 0.5) is 0 Å². The Kier molecular flexibility index (Phi) is 13.3. The Morgan fingerprint density at radius 1 is 1.08 bits per heavy atom. The maximum absolute atomic E-state index is 9.64. The minimum Gasteiger partial charge on any atom is -0.396 e. The number of hydrogen-bond acceptors (Lipinski definition) is 5. The molecule has 0 aromatic heterocycles. The number of aliphatic hydroxyl groups excluding tert-OH is 3. The first-order valence-electron chi connectivity index (χ1n) is 4.14. The fourth-order valence-corrected chi connectivity index (χ4v) is 0.400. The van der Waals surface area contributed by atoms with E-state index in [1.54, 1.807) is 0 Å². The lowest BCUT2D eigenvalue weighted by Crippen LogP contribution is -2.14. The van der Waals surface area contributed by atoms with E-state index >= 15 is 0 Å². The normalized spacial score (nSPS) is 9.38. The van der Waals surface area contributed by atoms with Gasteiger partial charge in [0.2, 0.25) is 6.29 Å². The van der Waals surface area contributed by atoms with E-state index in [0.29, 0.717) is 0 Å². The molecule has 0 aliphatic carbocycles. The van der Waals surface area contributed by atoms with Crippen molar-refractivity contribution in [3.05, 3.63) is 0 Å². The van der Waals surface area contributed by atoms with Crippen LogP contribution in [0.15, 0.2) is 0 Å². The highest BCUT2D eigenvalue weighted by molar-refractivity contribution is 5.78. The van der Waals surface area contributed by atoms with Gasteiger partial charge < -0.3 is 20.4 Å². The zero-order valence-electron chi connectivity index (χ0n) is 7.81. The lowest BCUT2D eigenvalue weighted by Gasteiger charge is -1.90. The number of carbonyl (C=O) groups is 1. The summed E-state index contributed by atoms with van der Waals surface area (Å²) in [6.07, 6.45) is 0.790. The summed E-state index contributed by atoms with van der Waals surface area (Å²) in [6, 6.07) is 0. The monoisotopic (exact) mass is 194 g/mol. The van der Waals surface area contributed by atoms with Crippen LogP contribution in [0.5, 0.6) is 0 Å². The van der Waals surface area contributed by atoms with Crippen LogP contribution in [-0.2, 0) is 4.79 Å². The summed E-state index contributed by atoms with van der Waals surface area (Å²) in [6.45, 7) is 1.60. The predicted octanol–water partition coefficient (Wildman–Crippen LogP) is -0.973. The van der Waals surface area contributed by atoms with Crippen LogP contribution >= 0.6 is 0 Å². The largest absolute Gasteiger partial charge is 0.396 e. The number of hydrogen-bond donors (Lipinski definition) is 4. The van der Waals surface area contributed by atoms with Gasteiger partial charge in [0.25, 0.3) is 0 Å². The molecule has 80 valence electrons. The minimum atomic E-state index is -1.79. The maximum Gasteiger partial charge on any atom is 0.212 e.